The lowest BCUT2D eigenvalue weighted by Crippen LogP contribution is -2.57. The average molecular weight is 183 g/mol. The van der Waals surface area contributed by atoms with Crippen molar-refractivity contribution in [2.24, 2.45) is 0 Å². The van der Waals surface area contributed by atoms with Crippen LogP contribution in [0.2, 0.25) is 0 Å². The first-order chi connectivity index (χ1) is 6.24. The van der Waals surface area contributed by atoms with Gasteiger partial charge in [0.15, 0.2) is 0 Å². The highest BCUT2D eigenvalue weighted by molar-refractivity contribution is 5.78. The Kier molecular flexibility index (Phi) is 3.92. The number of likely N-dealkylation sites (N-methyl/N-ethyl adjacent to an activating group) is 1. The zero-order valence-electron chi connectivity index (χ0n) is 8.05. The molecule has 74 valence electrons. The SMILES string of the molecule is C=CCNC(=O)CN(C)C1CNC1. The summed E-state index contributed by atoms with van der Waals surface area (Å²) in [6.45, 7) is 6.54. The Morgan fingerprint density at radius 1 is 1.77 bits per heavy atom. The van der Waals surface area contributed by atoms with Crippen LogP contribution in [-0.2, 0) is 4.79 Å². The molecule has 0 aromatic heterocycles. The van der Waals surface area contributed by atoms with E-state index in [-0.39, 0.29) is 5.91 Å². The molecule has 1 amide bonds. The molecule has 0 saturated carbocycles. The Hall–Kier alpha value is -0.870. The molecule has 1 aliphatic rings. The van der Waals surface area contributed by atoms with Gasteiger partial charge >= 0.3 is 0 Å². The summed E-state index contributed by atoms with van der Waals surface area (Å²) in [5.74, 6) is 0.0642. The van der Waals surface area contributed by atoms with Crippen LogP contribution in [0.4, 0.5) is 0 Å². The summed E-state index contributed by atoms with van der Waals surface area (Å²) in [5, 5.41) is 5.92. The van der Waals surface area contributed by atoms with Crippen molar-refractivity contribution in [2.75, 3.05) is 33.2 Å². The van der Waals surface area contributed by atoms with E-state index in [2.05, 4.69) is 22.1 Å². The molecule has 0 radical (unpaired) electrons. The monoisotopic (exact) mass is 183 g/mol. The Morgan fingerprint density at radius 2 is 2.46 bits per heavy atom. The zero-order valence-corrected chi connectivity index (χ0v) is 8.05. The third kappa shape index (κ3) is 3.16. The van der Waals surface area contributed by atoms with E-state index < -0.39 is 0 Å². The Labute approximate surface area is 79.0 Å². The van der Waals surface area contributed by atoms with Gasteiger partial charge in [0.05, 0.1) is 6.54 Å². The second-order valence-corrected chi connectivity index (χ2v) is 3.32. The van der Waals surface area contributed by atoms with Gasteiger partial charge in [-0.25, -0.2) is 0 Å². The van der Waals surface area contributed by atoms with Crippen molar-refractivity contribution in [3.63, 3.8) is 0 Å². The Morgan fingerprint density at radius 3 is 2.92 bits per heavy atom. The first kappa shape index (κ1) is 10.2. The summed E-state index contributed by atoms with van der Waals surface area (Å²) in [7, 11) is 1.97. The van der Waals surface area contributed by atoms with Gasteiger partial charge in [0.25, 0.3) is 0 Å². The number of carbonyl (C=O) groups is 1. The van der Waals surface area contributed by atoms with Crippen LogP contribution in [0.5, 0.6) is 0 Å². The minimum absolute atomic E-state index is 0.0642. The summed E-state index contributed by atoms with van der Waals surface area (Å²) in [5.41, 5.74) is 0. The van der Waals surface area contributed by atoms with Gasteiger partial charge in [0.1, 0.15) is 0 Å². The molecule has 2 N–H and O–H groups in total. The number of nitrogens with one attached hydrogen (secondary N) is 2. The molecular formula is C9H17N3O. The summed E-state index contributed by atoms with van der Waals surface area (Å²) in [4.78, 5) is 13.3. The number of amides is 1. The number of rotatable bonds is 5. The lowest BCUT2D eigenvalue weighted by atomic mass is 10.1. The maximum absolute atomic E-state index is 11.2. The highest BCUT2D eigenvalue weighted by Crippen LogP contribution is 2.00. The van der Waals surface area contributed by atoms with Crippen molar-refractivity contribution in [3.05, 3.63) is 12.7 Å². The fourth-order valence-corrected chi connectivity index (χ4v) is 1.18. The third-order valence-corrected chi connectivity index (χ3v) is 2.22. The van der Waals surface area contributed by atoms with E-state index in [0.717, 1.165) is 13.1 Å². The van der Waals surface area contributed by atoms with E-state index >= 15 is 0 Å². The molecule has 13 heavy (non-hydrogen) atoms. The molecule has 4 heteroatoms. The molecular weight excluding hydrogens is 166 g/mol. The molecule has 0 aliphatic carbocycles. The van der Waals surface area contributed by atoms with Gasteiger partial charge in [-0.3, -0.25) is 9.69 Å². The van der Waals surface area contributed by atoms with Crippen LogP contribution in [0.3, 0.4) is 0 Å². The molecule has 0 unspecified atom stereocenters. The standard InChI is InChI=1S/C9H17N3O/c1-3-4-11-9(13)7-12(2)8-5-10-6-8/h3,8,10H,1,4-7H2,2H3,(H,11,13). The molecule has 0 aromatic rings. The maximum atomic E-state index is 11.2. The molecule has 1 heterocycles. The summed E-state index contributed by atoms with van der Waals surface area (Å²) >= 11 is 0. The molecule has 0 spiro atoms. The number of hydrogen-bond donors (Lipinski definition) is 2. The summed E-state index contributed by atoms with van der Waals surface area (Å²) in [6.07, 6.45) is 1.68. The van der Waals surface area contributed by atoms with Crippen LogP contribution in [0, 0.1) is 0 Å². The number of hydrogen-bond acceptors (Lipinski definition) is 3. The van der Waals surface area contributed by atoms with Gasteiger partial charge < -0.3 is 10.6 Å². The van der Waals surface area contributed by atoms with Gasteiger partial charge in [0, 0.05) is 25.7 Å². The fourth-order valence-electron chi connectivity index (χ4n) is 1.18. The first-order valence-electron chi connectivity index (χ1n) is 4.52. The molecule has 4 nitrogen and oxygen atoms in total. The minimum atomic E-state index is 0.0642. The average Bonchev–Trinajstić information content (AvgIpc) is 1.97. The van der Waals surface area contributed by atoms with Crippen LogP contribution in [0.25, 0.3) is 0 Å². The molecule has 0 bridgehead atoms. The molecule has 1 saturated heterocycles. The van der Waals surface area contributed by atoms with Gasteiger partial charge in [-0.2, -0.15) is 0 Å². The summed E-state index contributed by atoms with van der Waals surface area (Å²) in [6, 6.07) is 0.523. The van der Waals surface area contributed by atoms with Crippen LogP contribution in [0.1, 0.15) is 0 Å². The topological polar surface area (TPSA) is 44.4 Å². The Balaban J connectivity index is 2.14. The van der Waals surface area contributed by atoms with Crippen molar-refractivity contribution in [1.29, 1.82) is 0 Å². The first-order valence-corrected chi connectivity index (χ1v) is 4.52. The van der Waals surface area contributed by atoms with Crippen molar-refractivity contribution in [1.82, 2.24) is 15.5 Å². The predicted molar refractivity (Wildman–Crippen MR) is 52.5 cm³/mol. The summed E-state index contributed by atoms with van der Waals surface area (Å²) < 4.78 is 0. The highest BCUT2D eigenvalue weighted by Gasteiger charge is 2.22. The third-order valence-electron chi connectivity index (χ3n) is 2.22. The van der Waals surface area contributed by atoms with E-state index in [0.29, 0.717) is 19.1 Å². The second-order valence-electron chi connectivity index (χ2n) is 3.32. The van der Waals surface area contributed by atoms with Gasteiger partial charge in [-0.1, -0.05) is 6.08 Å². The van der Waals surface area contributed by atoms with E-state index in [1.54, 1.807) is 6.08 Å². The van der Waals surface area contributed by atoms with Crippen molar-refractivity contribution in [3.8, 4) is 0 Å². The number of nitrogens with zero attached hydrogens (tertiary/aromatic N) is 1. The van der Waals surface area contributed by atoms with Crippen molar-refractivity contribution >= 4 is 5.91 Å². The number of carbonyl (C=O) groups excluding carboxylic acids is 1. The van der Waals surface area contributed by atoms with E-state index in [1.807, 2.05) is 7.05 Å². The van der Waals surface area contributed by atoms with E-state index in [4.69, 9.17) is 0 Å². The van der Waals surface area contributed by atoms with Gasteiger partial charge in [-0.15, -0.1) is 6.58 Å². The molecule has 0 atom stereocenters. The Bertz CT molecular complexity index is 189. The normalized spacial score (nSPS) is 16.8. The van der Waals surface area contributed by atoms with Gasteiger partial charge in [0.2, 0.25) is 5.91 Å². The van der Waals surface area contributed by atoms with Crippen molar-refractivity contribution < 1.29 is 4.79 Å². The highest BCUT2D eigenvalue weighted by atomic mass is 16.2. The van der Waals surface area contributed by atoms with Gasteiger partial charge in [-0.05, 0) is 7.05 Å². The fraction of sp³-hybridized carbons (Fsp3) is 0.667. The second kappa shape index (κ2) is 4.99. The molecule has 1 aliphatic heterocycles. The van der Waals surface area contributed by atoms with Crippen LogP contribution >= 0.6 is 0 Å². The molecule has 0 aromatic carbocycles. The maximum Gasteiger partial charge on any atom is 0.234 e. The zero-order chi connectivity index (χ0) is 9.68. The largest absolute Gasteiger partial charge is 0.352 e. The molecule has 1 rings (SSSR count). The molecule has 1 fully saturated rings. The lowest BCUT2D eigenvalue weighted by molar-refractivity contribution is -0.122. The quantitative estimate of drug-likeness (QED) is 0.548. The predicted octanol–water partition coefficient (Wildman–Crippen LogP) is -0.808. The van der Waals surface area contributed by atoms with E-state index in [1.165, 1.54) is 0 Å². The van der Waals surface area contributed by atoms with Crippen LogP contribution < -0.4 is 10.6 Å². The van der Waals surface area contributed by atoms with Crippen molar-refractivity contribution in [2.45, 2.75) is 6.04 Å². The van der Waals surface area contributed by atoms with E-state index in [9.17, 15) is 4.79 Å². The minimum Gasteiger partial charge on any atom is -0.352 e. The smallest absolute Gasteiger partial charge is 0.234 e. The van der Waals surface area contributed by atoms with Crippen LogP contribution in [-0.4, -0.2) is 50.1 Å². The lowest BCUT2D eigenvalue weighted by Gasteiger charge is -2.35. The van der Waals surface area contributed by atoms with Crippen LogP contribution in [0.15, 0.2) is 12.7 Å².